The number of rotatable bonds is 2. The Balaban J connectivity index is 2.13. The van der Waals surface area contributed by atoms with Crippen LogP contribution in [-0.4, -0.2) is 6.03 Å². The Labute approximate surface area is 120 Å². The summed E-state index contributed by atoms with van der Waals surface area (Å²) >= 11 is 0. The van der Waals surface area contributed by atoms with Crippen LogP contribution in [0.2, 0.25) is 0 Å². The zero-order valence-electron chi connectivity index (χ0n) is 12.4. The number of urea groups is 1. The summed E-state index contributed by atoms with van der Waals surface area (Å²) in [5, 5.41) is 5.81. The van der Waals surface area contributed by atoms with Crippen molar-refractivity contribution in [3.63, 3.8) is 0 Å². The predicted octanol–water partition coefficient (Wildman–Crippen LogP) is 4.56. The molecule has 2 N–H and O–H groups in total. The van der Waals surface area contributed by atoms with Gasteiger partial charge in [0.15, 0.2) is 0 Å². The molecule has 2 aromatic rings. The van der Waals surface area contributed by atoms with Crippen LogP contribution >= 0.6 is 0 Å². The Bertz CT molecular complexity index is 627. The molecule has 0 radical (unpaired) electrons. The van der Waals surface area contributed by atoms with Crippen LogP contribution in [-0.2, 0) is 0 Å². The van der Waals surface area contributed by atoms with Gasteiger partial charge in [0.2, 0.25) is 0 Å². The minimum atomic E-state index is -0.214. The van der Waals surface area contributed by atoms with Gasteiger partial charge in [0.25, 0.3) is 0 Å². The van der Waals surface area contributed by atoms with Gasteiger partial charge in [0.1, 0.15) is 0 Å². The number of hydrogen-bond donors (Lipinski definition) is 2. The van der Waals surface area contributed by atoms with Gasteiger partial charge in [-0.2, -0.15) is 0 Å². The molecule has 0 unspecified atom stereocenters. The molecule has 0 atom stereocenters. The molecule has 0 aliphatic heterocycles. The number of benzene rings is 2. The molecule has 2 rings (SSSR count). The first-order valence-corrected chi connectivity index (χ1v) is 6.69. The summed E-state index contributed by atoms with van der Waals surface area (Å²) in [4.78, 5) is 12.1. The maximum atomic E-state index is 12.1. The van der Waals surface area contributed by atoms with Crippen molar-refractivity contribution in [2.45, 2.75) is 27.7 Å². The van der Waals surface area contributed by atoms with Gasteiger partial charge in [0, 0.05) is 11.4 Å². The molecule has 0 aliphatic rings. The third-order valence-electron chi connectivity index (χ3n) is 3.35. The lowest BCUT2D eigenvalue weighted by atomic mass is 10.1. The molecule has 20 heavy (non-hydrogen) atoms. The van der Waals surface area contributed by atoms with Crippen molar-refractivity contribution in [2.75, 3.05) is 10.6 Å². The van der Waals surface area contributed by atoms with Gasteiger partial charge >= 0.3 is 6.03 Å². The van der Waals surface area contributed by atoms with Gasteiger partial charge in [-0.3, -0.25) is 0 Å². The van der Waals surface area contributed by atoms with E-state index in [0.717, 1.165) is 28.1 Å². The van der Waals surface area contributed by atoms with Crippen molar-refractivity contribution in [1.29, 1.82) is 0 Å². The summed E-state index contributed by atoms with van der Waals surface area (Å²) in [6.45, 7) is 7.99. The Morgan fingerprint density at radius 3 is 2.10 bits per heavy atom. The predicted molar refractivity (Wildman–Crippen MR) is 84.5 cm³/mol. The minimum Gasteiger partial charge on any atom is -0.307 e. The standard InChI is InChI=1S/C17H20N2O/c1-11-8-9-15(14(4)10-11)18-17(20)19-16-12(2)6-5-7-13(16)3/h5-10H,1-4H3,(H2,18,19,20). The first-order valence-electron chi connectivity index (χ1n) is 6.69. The SMILES string of the molecule is Cc1ccc(NC(=O)Nc2c(C)cccc2C)c(C)c1. The second-order valence-electron chi connectivity index (χ2n) is 5.16. The second kappa shape index (κ2) is 5.78. The van der Waals surface area contributed by atoms with E-state index in [1.54, 1.807) is 0 Å². The maximum Gasteiger partial charge on any atom is 0.323 e. The number of carbonyl (C=O) groups excluding carboxylic acids is 1. The summed E-state index contributed by atoms with van der Waals surface area (Å²) in [6, 6.07) is 11.7. The van der Waals surface area contributed by atoms with Crippen molar-refractivity contribution in [3.8, 4) is 0 Å². The van der Waals surface area contributed by atoms with Gasteiger partial charge in [0.05, 0.1) is 0 Å². The molecule has 0 aliphatic carbocycles. The second-order valence-corrected chi connectivity index (χ2v) is 5.16. The first-order chi connectivity index (χ1) is 9.47. The monoisotopic (exact) mass is 268 g/mol. The van der Waals surface area contributed by atoms with E-state index in [0.29, 0.717) is 0 Å². The van der Waals surface area contributed by atoms with Crippen LogP contribution in [0.5, 0.6) is 0 Å². The molecular weight excluding hydrogens is 248 g/mol. The zero-order chi connectivity index (χ0) is 14.7. The van der Waals surface area contributed by atoms with E-state index >= 15 is 0 Å². The quantitative estimate of drug-likeness (QED) is 0.823. The average Bonchev–Trinajstić information content (AvgIpc) is 2.37. The minimum absolute atomic E-state index is 0.214. The smallest absolute Gasteiger partial charge is 0.307 e. The van der Waals surface area contributed by atoms with E-state index in [2.05, 4.69) is 16.7 Å². The molecule has 2 amide bonds. The maximum absolute atomic E-state index is 12.1. The first kappa shape index (κ1) is 14.1. The Hall–Kier alpha value is -2.29. The van der Waals surface area contributed by atoms with Gasteiger partial charge in [-0.15, -0.1) is 0 Å². The number of para-hydroxylation sites is 1. The molecular formula is C17H20N2O. The Morgan fingerprint density at radius 1 is 0.850 bits per heavy atom. The van der Waals surface area contributed by atoms with E-state index in [9.17, 15) is 4.79 Å². The highest BCUT2D eigenvalue weighted by atomic mass is 16.2. The van der Waals surface area contributed by atoms with E-state index in [1.165, 1.54) is 5.56 Å². The van der Waals surface area contributed by atoms with Crippen LogP contribution in [0, 0.1) is 27.7 Å². The number of aryl methyl sites for hydroxylation is 4. The van der Waals surface area contributed by atoms with Crippen LogP contribution < -0.4 is 10.6 Å². The number of nitrogens with one attached hydrogen (secondary N) is 2. The van der Waals surface area contributed by atoms with Crippen molar-refractivity contribution in [3.05, 3.63) is 58.7 Å². The molecule has 0 aromatic heterocycles. The Morgan fingerprint density at radius 2 is 1.50 bits per heavy atom. The molecule has 0 fully saturated rings. The van der Waals surface area contributed by atoms with E-state index in [-0.39, 0.29) is 6.03 Å². The molecule has 0 saturated carbocycles. The Kier molecular flexibility index (Phi) is 4.08. The highest BCUT2D eigenvalue weighted by Crippen LogP contribution is 2.21. The number of hydrogen-bond acceptors (Lipinski definition) is 1. The lowest BCUT2D eigenvalue weighted by Gasteiger charge is -2.13. The van der Waals surface area contributed by atoms with Crippen molar-refractivity contribution < 1.29 is 4.79 Å². The van der Waals surface area contributed by atoms with Gasteiger partial charge in [-0.25, -0.2) is 4.79 Å². The van der Waals surface area contributed by atoms with E-state index < -0.39 is 0 Å². The third kappa shape index (κ3) is 3.18. The molecule has 104 valence electrons. The summed E-state index contributed by atoms with van der Waals surface area (Å²) in [7, 11) is 0. The van der Waals surface area contributed by atoms with E-state index in [4.69, 9.17) is 0 Å². The van der Waals surface area contributed by atoms with Gasteiger partial charge in [-0.1, -0.05) is 35.9 Å². The van der Waals surface area contributed by atoms with Crippen LogP contribution in [0.1, 0.15) is 22.3 Å². The molecule has 0 bridgehead atoms. The topological polar surface area (TPSA) is 41.1 Å². The van der Waals surface area contributed by atoms with E-state index in [1.807, 2.05) is 58.0 Å². The lowest BCUT2D eigenvalue weighted by Crippen LogP contribution is -2.21. The van der Waals surface area contributed by atoms with Crippen LogP contribution in [0.4, 0.5) is 16.2 Å². The fraction of sp³-hybridized carbons (Fsp3) is 0.235. The number of anilines is 2. The molecule has 0 heterocycles. The average molecular weight is 268 g/mol. The number of carbonyl (C=O) groups is 1. The van der Waals surface area contributed by atoms with Crippen LogP contribution in [0.25, 0.3) is 0 Å². The highest BCUT2D eigenvalue weighted by Gasteiger charge is 2.08. The molecule has 3 nitrogen and oxygen atoms in total. The normalized spacial score (nSPS) is 10.2. The lowest BCUT2D eigenvalue weighted by molar-refractivity contribution is 0.262. The summed E-state index contributed by atoms with van der Waals surface area (Å²) < 4.78 is 0. The molecule has 3 heteroatoms. The summed E-state index contributed by atoms with van der Waals surface area (Å²) in [5.41, 5.74) is 6.06. The largest absolute Gasteiger partial charge is 0.323 e. The summed E-state index contributed by atoms with van der Waals surface area (Å²) in [5.74, 6) is 0. The molecule has 0 saturated heterocycles. The molecule has 2 aromatic carbocycles. The van der Waals surface area contributed by atoms with Gasteiger partial charge in [-0.05, 0) is 50.5 Å². The number of amides is 2. The fourth-order valence-corrected chi connectivity index (χ4v) is 2.23. The fourth-order valence-electron chi connectivity index (χ4n) is 2.23. The highest BCUT2D eigenvalue weighted by molar-refractivity contribution is 6.01. The van der Waals surface area contributed by atoms with Crippen LogP contribution in [0.15, 0.2) is 36.4 Å². The summed E-state index contributed by atoms with van der Waals surface area (Å²) in [6.07, 6.45) is 0. The van der Waals surface area contributed by atoms with Crippen molar-refractivity contribution in [2.24, 2.45) is 0 Å². The van der Waals surface area contributed by atoms with Crippen molar-refractivity contribution in [1.82, 2.24) is 0 Å². The van der Waals surface area contributed by atoms with Crippen LogP contribution in [0.3, 0.4) is 0 Å². The van der Waals surface area contributed by atoms with Crippen molar-refractivity contribution >= 4 is 17.4 Å². The molecule has 0 spiro atoms. The third-order valence-corrected chi connectivity index (χ3v) is 3.35. The zero-order valence-corrected chi connectivity index (χ0v) is 12.4. The van der Waals surface area contributed by atoms with Gasteiger partial charge < -0.3 is 10.6 Å².